The highest BCUT2D eigenvalue weighted by Gasteiger charge is 2.32. The SMILES string of the molecule is c1cc(-c2ncc3c(n2)N(C2CCCC2)Cc2nncn2-3)ccn1. The van der Waals surface area contributed by atoms with E-state index in [1.807, 2.05) is 22.9 Å². The normalized spacial score (nSPS) is 16.9. The lowest BCUT2D eigenvalue weighted by Crippen LogP contribution is -2.38. The van der Waals surface area contributed by atoms with Crippen LogP contribution in [-0.2, 0) is 6.54 Å². The van der Waals surface area contributed by atoms with E-state index in [9.17, 15) is 0 Å². The van der Waals surface area contributed by atoms with Crippen LogP contribution < -0.4 is 4.90 Å². The van der Waals surface area contributed by atoms with Gasteiger partial charge < -0.3 is 4.90 Å². The highest BCUT2D eigenvalue weighted by atomic mass is 15.4. The molecule has 120 valence electrons. The molecule has 0 bridgehead atoms. The standard InChI is InChI=1S/C17H17N7/c1-2-4-13(3-1)23-10-15-22-20-11-24(15)14-9-19-16(21-17(14)23)12-5-7-18-8-6-12/h5-9,11,13H,1-4,10H2. The van der Waals surface area contributed by atoms with Gasteiger partial charge in [0.15, 0.2) is 17.5 Å². The van der Waals surface area contributed by atoms with Crippen LogP contribution in [-0.4, -0.2) is 35.8 Å². The van der Waals surface area contributed by atoms with Crippen LogP contribution in [0.15, 0.2) is 37.1 Å². The number of fused-ring (bicyclic) bond motifs is 3. The van der Waals surface area contributed by atoms with E-state index in [2.05, 4.69) is 25.1 Å². The zero-order chi connectivity index (χ0) is 15.9. The van der Waals surface area contributed by atoms with Crippen LogP contribution in [0.3, 0.4) is 0 Å². The first kappa shape index (κ1) is 13.6. The van der Waals surface area contributed by atoms with E-state index in [0.717, 1.165) is 35.3 Å². The fraction of sp³-hybridized carbons (Fsp3) is 0.353. The predicted molar refractivity (Wildman–Crippen MR) is 88.6 cm³/mol. The third-order valence-corrected chi connectivity index (χ3v) is 4.92. The molecule has 0 amide bonds. The van der Waals surface area contributed by atoms with Crippen LogP contribution in [0.2, 0.25) is 0 Å². The average molecular weight is 319 g/mol. The molecule has 1 saturated carbocycles. The summed E-state index contributed by atoms with van der Waals surface area (Å²) < 4.78 is 2.00. The topological polar surface area (TPSA) is 72.6 Å². The number of pyridine rings is 1. The minimum absolute atomic E-state index is 0.523. The zero-order valence-electron chi connectivity index (χ0n) is 13.2. The lowest BCUT2D eigenvalue weighted by Gasteiger charge is -2.34. The van der Waals surface area contributed by atoms with E-state index in [0.29, 0.717) is 6.04 Å². The molecule has 1 fully saturated rings. The summed E-state index contributed by atoms with van der Waals surface area (Å²) in [4.78, 5) is 15.9. The first-order valence-corrected chi connectivity index (χ1v) is 8.33. The molecule has 0 atom stereocenters. The quantitative estimate of drug-likeness (QED) is 0.722. The summed E-state index contributed by atoms with van der Waals surface area (Å²) in [5.41, 5.74) is 1.94. The lowest BCUT2D eigenvalue weighted by molar-refractivity contribution is 0.567. The molecule has 24 heavy (non-hydrogen) atoms. The maximum absolute atomic E-state index is 4.90. The van der Waals surface area contributed by atoms with Crippen LogP contribution in [0.25, 0.3) is 17.1 Å². The van der Waals surface area contributed by atoms with Crippen LogP contribution in [0.5, 0.6) is 0 Å². The molecule has 2 aliphatic rings. The molecule has 7 nitrogen and oxygen atoms in total. The molecule has 3 aromatic heterocycles. The number of hydrogen-bond donors (Lipinski definition) is 0. The Labute approximate surface area is 139 Å². The number of nitrogens with zero attached hydrogens (tertiary/aromatic N) is 7. The van der Waals surface area contributed by atoms with Gasteiger partial charge in [-0.2, -0.15) is 0 Å². The minimum Gasteiger partial charge on any atom is -0.344 e. The minimum atomic E-state index is 0.523. The molecule has 0 saturated heterocycles. The van der Waals surface area contributed by atoms with Gasteiger partial charge in [-0.05, 0) is 25.0 Å². The van der Waals surface area contributed by atoms with Gasteiger partial charge in [-0.15, -0.1) is 10.2 Å². The van der Waals surface area contributed by atoms with E-state index in [1.165, 1.54) is 25.7 Å². The predicted octanol–water partition coefficient (Wildman–Crippen LogP) is 2.38. The van der Waals surface area contributed by atoms with Crippen LogP contribution >= 0.6 is 0 Å². The van der Waals surface area contributed by atoms with Crippen molar-refractivity contribution in [2.24, 2.45) is 0 Å². The largest absolute Gasteiger partial charge is 0.344 e. The van der Waals surface area contributed by atoms with Crippen molar-refractivity contribution in [1.82, 2.24) is 29.7 Å². The van der Waals surface area contributed by atoms with Gasteiger partial charge in [0.1, 0.15) is 12.0 Å². The molecule has 0 unspecified atom stereocenters. The maximum Gasteiger partial charge on any atom is 0.161 e. The van der Waals surface area contributed by atoms with Crippen molar-refractivity contribution < 1.29 is 0 Å². The average Bonchev–Trinajstić information content (AvgIpc) is 3.33. The summed E-state index contributed by atoms with van der Waals surface area (Å²) in [6.07, 6.45) is 12.2. The van der Waals surface area contributed by atoms with E-state index in [4.69, 9.17) is 4.98 Å². The molecule has 5 rings (SSSR count). The monoisotopic (exact) mass is 319 g/mol. The first-order chi connectivity index (χ1) is 11.9. The number of aromatic nitrogens is 6. The Morgan fingerprint density at radius 1 is 1.08 bits per heavy atom. The summed E-state index contributed by atoms with van der Waals surface area (Å²) in [6, 6.07) is 4.40. The van der Waals surface area contributed by atoms with E-state index in [1.54, 1.807) is 18.7 Å². The second kappa shape index (κ2) is 5.36. The number of hydrogen-bond acceptors (Lipinski definition) is 6. The van der Waals surface area contributed by atoms with Crippen LogP contribution in [0.4, 0.5) is 5.82 Å². The van der Waals surface area contributed by atoms with E-state index in [-0.39, 0.29) is 0 Å². The Kier molecular flexibility index (Phi) is 3.04. The van der Waals surface area contributed by atoms with Crippen LogP contribution in [0, 0.1) is 0 Å². The van der Waals surface area contributed by atoms with Gasteiger partial charge in [0.05, 0.1) is 12.7 Å². The summed E-state index contributed by atoms with van der Waals surface area (Å²) >= 11 is 0. The van der Waals surface area contributed by atoms with Crippen molar-refractivity contribution in [2.75, 3.05) is 4.90 Å². The smallest absolute Gasteiger partial charge is 0.161 e. The van der Waals surface area contributed by atoms with Gasteiger partial charge in [0.25, 0.3) is 0 Å². The van der Waals surface area contributed by atoms with Gasteiger partial charge in [-0.25, -0.2) is 9.97 Å². The van der Waals surface area contributed by atoms with Crippen molar-refractivity contribution in [2.45, 2.75) is 38.3 Å². The Bertz CT molecular complexity index is 868. The summed E-state index contributed by atoms with van der Waals surface area (Å²) in [5, 5.41) is 8.33. The molecule has 0 spiro atoms. The van der Waals surface area contributed by atoms with Gasteiger partial charge in [-0.1, -0.05) is 12.8 Å². The molecular weight excluding hydrogens is 302 g/mol. The highest BCUT2D eigenvalue weighted by Crippen LogP contribution is 2.36. The van der Waals surface area contributed by atoms with Crippen molar-refractivity contribution in [3.8, 4) is 17.1 Å². The highest BCUT2D eigenvalue weighted by molar-refractivity contribution is 5.65. The lowest BCUT2D eigenvalue weighted by atomic mass is 10.1. The molecule has 0 N–H and O–H groups in total. The Balaban J connectivity index is 1.65. The van der Waals surface area contributed by atoms with Gasteiger partial charge in [-0.3, -0.25) is 9.55 Å². The van der Waals surface area contributed by atoms with Crippen LogP contribution in [0.1, 0.15) is 31.5 Å². The fourth-order valence-corrected chi connectivity index (χ4v) is 3.70. The third-order valence-electron chi connectivity index (χ3n) is 4.92. The third kappa shape index (κ3) is 2.08. The first-order valence-electron chi connectivity index (χ1n) is 8.33. The molecule has 1 aliphatic heterocycles. The molecule has 1 aliphatic carbocycles. The van der Waals surface area contributed by atoms with Crippen molar-refractivity contribution in [3.05, 3.63) is 42.9 Å². The summed E-state index contributed by atoms with van der Waals surface area (Å²) in [6.45, 7) is 0.754. The summed E-state index contributed by atoms with van der Waals surface area (Å²) in [7, 11) is 0. The molecular formula is C17H17N7. The van der Waals surface area contributed by atoms with Crippen molar-refractivity contribution >= 4 is 5.82 Å². The Hall–Kier alpha value is -2.83. The van der Waals surface area contributed by atoms with E-state index < -0.39 is 0 Å². The second-order valence-electron chi connectivity index (χ2n) is 6.32. The van der Waals surface area contributed by atoms with E-state index >= 15 is 0 Å². The molecule has 3 aromatic rings. The second-order valence-corrected chi connectivity index (χ2v) is 6.32. The van der Waals surface area contributed by atoms with Crippen molar-refractivity contribution in [3.63, 3.8) is 0 Å². The Morgan fingerprint density at radius 3 is 2.75 bits per heavy atom. The molecule has 0 radical (unpaired) electrons. The maximum atomic E-state index is 4.90. The summed E-state index contributed by atoms with van der Waals surface area (Å²) in [5.74, 6) is 2.67. The van der Waals surface area contributed by atoms with Gasteiger partial charge in [0.2, 0.25) is 0 Å². The van der Waals surface area contributed by atoms with Gasteiger partial charge >= 0.3 is 0 Å². The number of rotatable bonds is 2. The molecule has 7 heteroatoms. The van der Waals surface area contributed by atoms with Gasteiger partial charge in [0, 0.05) is 24.0 Å². The molecule has 4 heterocycles. The molecule has 0 aromatic carbocycles. The number of anilines is 1. The Morgan fingerprint density at radius 2 is 1.92 bits per heavy atom. The zero-order valence-corrected chi connectivity index (χ0v) is 13.2. The fourth-order valence-electron chi connectivity index (χ4n) is 3.70. The van der Waals surface area contributed by atoms with Crippen molar-refractivity contribution in [1.29, 1.82) is 0 Å².